The van der Waals surface area contributed by atoms with E-state index in [0.717, 1.165) is 10.0 Å². The second-order valence-electron chi connectivity index (χ2n) is 4.21. The highest BCUT2D eigenvalue weighted by molar-refractivity contribution is 9.10. The molecule has 0 amide bonds. The van der Waals surface area contributed by atoms with E-state index < -0.39 is 0 Å². The molecule has 1 heterocycles. The van der Waals surface area contributed by atoms with Gasteiger partial charge in [-0.15, -0.1) is 0 Å². The van der Waals surface area contributed by atoms with Crippen molar-refractivity contribution in [2.75, 3.05) is 0 Å². The first-order valence-corrected chi connectivity index (χ1v) is 6.66. The first-order valence-electron chi connectivity index (χ1n) is 5.49. The van der Waals surface area contributed by atoms with Gasteiger partial charge in [0.2, 0.25) is 0 Å². The summed E-state index contributed by atoms with van der Waals surface area (Å²) in [7, 11) is 0. The minimum absolute atomic E-state index is 0.0792. The average Bonchev–Trinajstić information content (AvgIpc) is 2.29. The maximum atomic E-state index is 12.1. The molecule has 0 aliphatic carbocycles. The second kappa shape index (κ2) is 5.29. The van der Waals surface area contributed by atoms with E-state index in [1.54, 1.807) is 18.2 Å². The quantitative estimate of drug-likeness (QED) is 0.749. The lowest BCUT2D eigenvalue weighted by Gasteiger charge is -2.26. The van der Waals surface area contributed by atoms with Crippen LogP contribution in [0.5, 0.6) is 5.75 Å². The number of carbonyl (C=O) groups excluding carboxylic acids is 1. The van der Waals surface area contributed by atoms with E-state index in [4.69, 9.17) is 16.3 Å². The lowest BCUT2D eigenvalue weighted by atomic mass is 9.97. The highest BCUT2D eigenvalue weighted by Crippen LogP contribution is 2.32. The minimum Gasteiger partial charge on any atom is -0.485 e. The third kappa shape index (κ3) is 2.85. The molecule has 2 rings (SSSR count). The Bertz CT molecular complexity index is 549. The Balaban J connectivity index is 2.31. The molecule has 18 heavy (non-hydrogen) atoms. The first kappa shape index (κ1) is 13.4. The third-order valence-electron chi connectivity index (χ3n) is 2.77. The van der Waals surface area contributed by atoms with Crippen LogP contribution < -0.4 is 4.74 Å². The van der Waals surface area contributed by atoms with Crippen molar-refractivity contribution < 1.29 is 9.53 Å². The fraction of sp³-hybridized carbons (Fsp3) is 0.214. The summed E-state index contributed by atoms with van der Waals surface area (Å²) < 4.78 is 6.68. The van der Waals surface area contributed by atoms with Crippen molar-refractivity contribution in [2.45, 2.75) is 19.4 Å². The summed E-state index contributed by atoms with van der Waals surface area (Å²) in [6.07, 6.45) is 1.79. The monoisotopic (exact) mass is 326 g/mol. The van der Waals surface area contributed by atoms with Crippen LogP contribution in [0.3, 0.4) is 0 Å². The SMILES string of the molecule is C=C(Cl)C=C(C)C1CC(=O)c2cc(Br)ccc2O1. The summed E-state index contributed by atoms with van der Waals surface area (Å²) in [5.74, 6) is 0.697. The van der Waals surface area contributed by atoms with Crippen molar-refractivity contribution >= 4 is 33.3 Å². The Hall–Kier alpha value is -1.06. The molecule has 0 saturated heterocycles. The van der Waals surface area contributed by atoms with Crippen LogP contribution in [0.25, 0.3) is 0 Å². The fourth-order valence-corrected chi connectivity index (χ4v) is 2.42. The van der Waals surface area contributed by atoms with Crippen LogP contribution in [-0.2, 0) is 0 Å². The molecule has 1 atom stereocenters. The average molecular weight is 328 g/mol. The van der Waals surface area contributed by atoms with Crippen LogP contribution in [0.2, 0.25) is 0 Å². The molecule has 0 saturated carbocycles. The molecule has 1 aromatic rings. The van der Waals surface area contributed by atoms with E-state index >= 15 is 0 Å². The summed E-state index contributed by atoms with van der Waals surface area (Å²) >= 11 is 9.08. The van der Waals surface area contributed by atoms with Gasteiger partial charge in [-0.25, -0.2) is 0 Å². The predicted molar refractivity (Wildman–Crippen MR) is 76.3 cm³/mol. The first-order chi connectivity index (χ1) is 8.47. The summed E-state index contributed by atoms with van der Waals surface area (Å²) in [6.45, 7) is 5.49. The van der Waals surface area contributed by atoms with Gasteiger partial charge in [-0.1, -0.05) is 34.1 Å². The molecule has 1 aliphatic heterocycles. The van der Waals surface area contributed by atoms with Crippen molar-refractivity contribution in [1.82, 2.24) is 0 Å². The largest absolute Gasteiger partial charge is 0.485 e. The number of hydrogen-bond donors (Lipinski definition) is 0. The molecule has 0 N–H and O–H groups in total. The van der Waals surface area contributed by atoms with Crippen molar-refractivity contribution in [3.05, 3.63) is 51.5 Å². The van der Waals surface area contributed by atoms with Gasteiger partial charge in [0.25, 0.3) is 0 Å². The lowest BCUT2D eigenvalue weighted by molar-refractivity contribution is 0.0884. The summed E-state index contributed by atoms with van der Waals surface area (Å²) in [5, 5.41) is 0.435. The smallest absolute Gasteiger partial charge is 0.170 e. The van der Waals surface area contributed by atoms with Gasteiger partial charge in [-0.2, -0.15) is 0 Å². The lowest BCUT2D eigenvalue weighted by Crippen LogP contribution is -2.27. The van der Waals surface area contributed by atoms with Gasteiger partial charge >= 0.3 is 0 Å². The molecule has 1 aliphatic rings. The second-order valence-corrected chi connectivity index (χ2v) is 5.61. The van der Waals surface area contributed by atoms with Gasteiger partial charge in [0.1, 0.15) is 11.9 Å². The Morgan fingerprint density at radius 1 is 1.61 bits per heavy atom. The van der Waals surface area contributed by atoms with E-state index in [0.29, 0.717) is 22.8 Å². The number of allylic oxidation sites excluding steroid dienone is 2. The number of carbonyl (C=O) groups is 1. The Kier molecular flexibility index (Phi) is 3.93. The van der Waals surface area contributed by atoms with Crippen molar-refractivity contribution in [1.29, 1.82) is 0 Å². The van der Waals surface area contributed by atoms with Crippen LogP contribution in [0.15, 0.2) is 45.9 Å². The zero-order valence-corrected chi connectivity index (χ0v) is 12.2. The van der Waals surface area contributed by atoms with Crippen molar-refractivity contribution in [3.8, 4) is 5.75 Å². The number of Topliss-reactive ketones (excluding diaryl/α,β-unsaturated/α-hetero) is 1. The number of halogens is 2. The van der Waals surface area contributed by atoms with Crippen molar-refractivity contribution in [3.63, 3.8) is 0 Å². The number of fused-ring (bicyclic) bond motifs is 1. The van der Waals surface area contributed by atoms with Gasteiger partial charge in [0, 0.05) is 9.51 Å². The van der Waals surface area contributed by atoms with E-state index in [-0.39, 0.29) is 11.9 Å². The van der Waals surface area contributed by atoms with Crippen LogP contribution in [0.1, 0.15) is 23.7 Å². The van der Waals surface area contributed by atoms with Gasteiger partial charge in [0.05, 0.1) is 12.0 Å². The number of ketones is 1. The van der Waals surface area contributed by atoms with E-state index in [1.165, 1.54) is 0 Å². The van der Waals surface area contributed by atoms with Crippen molar-refractivity contribution in [2.24, 2.45) is 0 Å². The topological polar surface area (TPSA) is 26.3 Å². The minimum atomic E-state index is -0.262. The molecule has 0 spiro atoms. The molecule has 0 radical (unpaired) electrons. The molecule has 4 heteroatoms. The Labute approximate surface area is 119 Å². The zero-order chi connectivity index (χ0) is 13.3. The summed E-state index contributed by atoms with van der Waals surface area (Å²) in [6, 6.07) is 5.44. The molecule has 0 aromatic heterocycles. The highest BCUT2D eigenvalue weighted by atomic mass is 79.9. The molecule has 1 aromatic carbocycles. The van der Waals surface area contributed by atoms with Gasteiger partial charge < -0.3 is 4.74 Å². The van der Waals surface area contributed by atoms with Gasteiger partial charge in [-0.05, 0) is 36.8 Å². The number of ether oxygens (including phenoxy) is 1. The maximum absolute atomic E-state index is 12.1. The number of benzene rings is 1. The van der Waals surface area contributed by atoms with E-state index in [1.807, 2.05) is 13.0 Å². The van der Waals surface area contributed by atoms with Gasteiger partial charge in [0.15, 0.2) is 5.78 Å². The van der Waals surface area contributed by atoms with Crippen LogP contribution in [0.4, 0.5) is 0 Å². The third-order valence-corrected chi connectivity index (χ3v) is 3.38. The Morgan fingerprint density at radius 3 is 3.00 bits per heavy atom. The number of rotatable bonds is 2. The molecule has 0 bridgehead atoms. The molecule has 1 unspecified atom stereocenters. The summed E-state index contributed by atoms with van der Waals surface area (Å²) in [5.41, 5.74) is 1.52. The van der Waals surface area contributed by atoms with Crippen LogP contribution in [0, 0.1) is 0 Å². The molecule has 94 valence electrons. The predicted octanol–water partition coefficient (Wildman–Crippen LogP) is 4.48. The zero-order valence-electron chi connectivity index (χ0n) is 9.87. The fourth-order valence-electron chi connectivity index (χ4n) is 1.89. The Morgan fingerprint density at radius 2 is 2.33 bits per heavy atom. The molecular weight excluding hydrogens is 316 g/mol. The number of hydrogen-bond acceptors (Lipinski definition) is 2. The van der Waals surface area contributed by atoms with E-state index in [2.05, 4.69) is 22.5 Å². The molecule has 0 fully saturated rings. The standard InChI is InChI=1S/C14H12BrClO2/c1-8(5-9(2)16)14-7-12(17)11-6-10(15)3-4-13(11)18-14/h3-6,14H,2,7H2,1H3. The van der Waals surface area contributed by atoms with Gasteiger partial charge in [-0.3, -0.25) is 4.79 Å². The van der Waals surface area contributed by atoms with E-state index in [9.17, 15) is 4.79 Å². The molecule has 2 nitrogen and oxygen atoms in total. The maximum Gasteiger partial charge on any atom is 0.170 e. The highest BCUT2D eigenvalue weighted by Gasteiger charge is 2.27. The normalized spacial score (nSPS) is 19.2. The van der Waals surface area contributed by atoms with Crippen LogP contribution >= 0.6 is 27.5 Å². The summed E-state index contributed by atoms with van der Waals surface area (Å²) in [4.78, 5) is 12.1. The van der Waals surface area contributed by atoms with Crippen LogP contribution in [-0.4, -0.2) is 11.9 Å². The molecular formula is C14H12BrClO2.